The average Bonchev–Trinajstić information content (AvgIpc) is 2.94. The molecule has 0 spiro atoms. The van der Waals surface area contributed by atoms with Crippen LogP contribution in [0.15, 0.2) is 30.3 Å². The summed E-state index contributed by atoms with van der Waals surface area (Å²) in [6, 6.07) is 8.76. The standard InChI is InChI=1S/C17H23N3O3S2.ClH/c1-11(19-16(21)14(18)9-10-25(3,22)23)15-12(2)20-17(24-15)13-7-5-4-6-8-13;/h4-8,11,14H,9-10,18H2,1-3H3,(H,19,21);1H. The van der Waals surface area contributed by atoms with Gasteiger partial charge in [-0.3, -0.25) is 4.79 Å². The summed E-state index contributed by atoms with van der Waals surface area (Å²) < 4.78 is 22.4. The lowest BCUT2D eigenvalue weighted by Crippen LogP contribution is -2.42. The summed E-state index contributed by atoms with van der Waals surface area (Å²) in [6.45, 7) is 3.78. The van der Waals surface area contributed by atoms with Crippen LogP contribution in [-0.4, -0.2) is 37.4 Å². The van der Waals surface area contributed by atoms with Gasteiger partial charge < -0.3 is 11.1 Å². The van der Waals surface area contributed by atoms with Crippen molar-refractivity contribution in [2.24, 2.45) is 5.73 Å². The van der Waals surface area contributed by atoms with Crippen LogP contribution >= 0.6 is 23.7 Å². The Balaban J connectivity index is 0.00000338. The van der Waals surface area contributed by atoms with Gasteiger partial charge in [-0.05, 0) is 20.3 Å². The molecule has 6 nitrogen and oxygen atoms in total. The number of amides is 1. The van der Waals surface area contributed by atoms with Gasteiger partial charge in [-0.15, -0.1) is 23.7 Å². The molecule has 2 rings (SSSR count). The van der Waals surface area contributed by atoms with Gasteiger partial charge in [0, 0.05) is 11.8 Å². The lowest BCUT2D eigenvalue weighted by atomic mass is 10.2. The number of nitrogens with one attached hydrogen (secondary N) is 1. The molecule has 2 atom stereocenters. The molecule has 0 aliphatic rings. The molecule has 0 aliphatic heterocycles. The minimum atomic E-state index is -3.14. The van der Waals surface area contributed by atoms with Crippen molar-refractivity contribution in [1.82, 2.24) is 10.3 Å². The maximum Gasteiger partial charge on any atom is 0.237 e. The Morgan fingerprint density at radius 1 is 1.31 bits per heavy atom. The lowest BCUT2D eigenvalue weighted by Gasteiger charge is -2.16. The first-order chi connectivity index (χ1) is 11.7. The number of nitrogens with zero attached hydrogens (tertiary/aromatic N) is 1. The molecule has 1 heterocycles. The number of nitrogens with two attached hydrogens (primary N) is 1. The number of carbonyl (C=O) groups excluding carboxylic acids is 1. The van der Waals surface area contributed by atoms with Crippen molar-refractivity contribution in [3.63, 3.8) is 0 Å². The molecule has 0 radical (unpaired) electrons. The SMILES string of the molecule is Cc1nc(-c2ccccc2)sc1C(C)NC(=O)C(N)CCS(C)(=O)=O.Cl. The highest BCUT2D eigenvalue weighted by Gasteiger charge is 2.21. The number of benzene rings is 1. The summed E-state index contributed by atoms with van der Waals surface area (Å²) in [7, 11) is -3.14. The Bertz CT molecular complexity index is 838. The average molecular weight is 418 g/mol. The minimum Gasteiger partial charge on any atom is -0.347 e. The van der Waals surface area contributed by atoms with Crippen molar-refractivity contribution in [2.75, 3.05) is 12.0 Å². The van der Waals surface area contributed by atoms with E-state index in [1.165, 1.54) is 11.3 Å². The summed E-state index contributed by atoms with van der Waals surface area (Å²) in [6.07, 6.45) is 1.24. The first-order valence-corrected chi connectivity index (χ1v) is 10.8. The molecule has 0 aliphatic carbocycles. The van der Waals surface area contributed by atoms with Gasteiger partial charge in [0.1, 0.15) is 14.8 Å². The normalized spacial score (nSPS) is 13.5. The summed E-state index contributed by atoms with van der Waals surface area (Å²) in [5.41, 5.74) is 7.69. The first kappa shape index (κ1) is 22.6. The van der Waals surface area contributed by atoms with E-state index in [0.29, 0.717) is 0 Å². The Morgan fingerprint density at radius 3 is 2.50 bits per heavy atom. The van der Waals surface area contributed by atoms with Crippen molar-refractivity contribution in [1.29, 1.82) is 0 Å². The Morgan fingerprint density at radius 2 is 1.92 bits per heavy atom. The van der Waals surface area contributed by atoms with Crippen LogP contribution in [0.25, 0.3) is 10.6 Å². The van der Waals surface area contributed by atoms with Crippen molar-refractivity contribution >= 4 is 39.5 Å². The van der Waals surface area contributed by atoms with Gasteiger partial charge in [0.25, 0.3) is 0 Å². The van der Waals surface area contributed by atoms with Gasteiger partial charge in [0.2, 0.25) is 5.91 Å². The van der Waals surface area contributed by atoms with Gasteiger partial charge in [-0.2, -0.15) is 0 Å². The van der Waals surface area contributed by atoms with Gasteiger partial charge >= 0.3 is 0 Å². The van der Waals surface area contributed by atoms with Crippen molar-refractivity contribution in [3.05, 3.63) is 40.9 Å². The molecule has 1 amide bonds. The number of halogens is 1. The monoisotopic (exact) mass is 417 g/mol. The van der Waals surface area contributed by atoms with E-state index in [2.05, 4.69) is 10.3 Å². The lowest BCUT2D eigenvalue weighted by molar-refractivity contribution is -0.123. The number of sulfone groups is 1. The molecule has 1 aromatic heterocycles. The molecule has 1 aromatic carbocycles. The molecular formula is C17H24ClN3O3S2. The highest BCUT2D eigenvalue weighted by atomic mass is 35.5. The van der Waals surface area contributed by atoms with E-state index < -0.39 is 15.9 Å². The predicted octanol–water partition coefficient (Wildman–Crippen LogP) is 2.48. The van der Waals surface area contributed by atoms with Crippen LogP contribution in [0.2, 0.25) is 0 Å². The third kappa shape index (κ3) is 6.35. The summed E-state index contributed by atoms with van der Waals surface area (Å²) >= 11 is 1.53. The van der Waals surface area contributed by atoms with Gasteiger partial charge in [0.05, 0.1) is 28.4 Å². The molecule has 144 valence electrons. The van der Waals surface area contributed by atoms with Crippen LogP contribution < -0.4 is 11.1 Å². The Labute approximate surface area is 164 Å². The molecule has 26 heavy (non-hydrogen) atoms. The quantitative estimate of drug-likeness (QED) is 0.720. The largest absolute Gasteiger partial charge is 0.347 e. The van der Waals surface area contributed by atoms with Crippen LogP contribution in [0.3, 0.4) is 0 Å². The summed E-state index contributed by atoms with van der Waals surface area (Å²) in [5.74, 6) is -0.460. The number of thiazole rings is 1. The third-order valence-electron chi connectivity index (χ3n) is 3.74. The molecular weight excluding hydrogens is 394 g/mol. The molecule has 0 bridgehead atoms. The molecule has 2 unspecified atom stereocenters. The van der Waals surface area contributed by atoms with Crippen LogP contribution in [0, 0.1) is 6.92 Å². The third-order valence-corrected chi connectivity index (χ3v) is 6.11. The number of hydrogen-bond acceptors (Lipinski definition) is 6. The second kappa shape index (κ2) is 9.45. The fourth-order valence-electron chi connectivity index (χ4n) is 2.37. The summed E-state index contributed by atoms with van der Waals surface area (Å²) in [4.78, 5) is 17.7. The van der Waals surface area contributed by atoms with E-state index in [9.17, 15) is 13.2 Å². The Hall–Kier alpha value is -1.48. The number of carbonyl (C=O) groups is 1. The number of aryl methyl sites for hydroxylation is 1. The predicted molar refractivity (Wildman–Crippen MR) is 108 cm³/mol. The minimum absolute atomic E-state index is 0. The van der Waals surface area contributed by atoms with Crippen LogP contribution in [0.1, 0.15) is 30.0 Å². The van der Waals surface area contributed by atoms with Crippen LogP contribution in [0.5, 0.6) is 0 Å². The zero-order chi connectivity index (χ0) is 18.6. The van der Waals surface area contributed by atoms with Crippen molar-refractivity contribution in [2.45, 2.75) is 32.4 Å². The maximum absolute atomic E-state index is 12.2. The van der Waals surface area contributed by atoms with E-state index >= 15 is 0 Å². The smallest absolute Gasteiger partial charge is 0.237 e. The van der Waals surface area contributed by atoms with Crippen LogP contribution in [-0.2, 0) is 14.6 Å². The molecule has 0 saturated heterocycles. The zero-order valence-electron chi connectivity index (χ0n) is 14.9. The molecule has 9 heteroatoms. The fraction of sp³-hybridized carbons (Fsp3) is 0.412. The molecule has 0 saturated carbocycles. The molecule has 0 fully saturated rings. The van der Waals surface area contributed by atoms with E-state index in [1.54, 1.807) is 0 Å². The molecule has 3 N–H and O–H groups in total. The van der Waals surface area contributed by atoms with E-state index in [4.69, 9.17) is 5.73 Å². The fourth-order valence-corrected chi connectivity index (χ4v) is 4.13. The number of hydrogen-bond donors (Lipinski definition) is 2. The van der Waals surface area contributed by atoms with Gasteiger partial charge in [-0.1, -0.05) is 30.3 Å². The molecule has 2 aromatic rings. The second-order valence-corrected chi connectivity index (χ2v) is 9.38. The van der Waals surface area contributed by atoms with Crippen molar-refractivity contribution < 1.29 is 13.2 Å². The van der Waals surface area contributed by atoms with Gasteiger partial charge in [-0.25, -0.2) is 13.4 Å². The Kier molecular flexibility index (Phi) is 8.20. The maximum atomic E-state index is 12.2. The topological polar surface area (TPSA) is 102 Å². The van der Waals surface area contributed by atoms with E-state index in [1.807, 2.05) is 44.2 Å². The first-order valence-electron chi connectivity index (χ1n) is 7.94. The highest BCUT2D eigenvalue weighted by Crippen LogP contribution is 2.31. The summed E-state index contributed by atoms with van der Waals surface area (Å²) in [5, 5.41) is 3.75. The van der Waals surface area contributed by atoms with E-state index in [0.717, 1.165) is 27.4 Å². The van der Waals surface area contributed by atoms with Crippen LogP contribution in [0.4, 0.5) is 0 Å². The zero-order valence-corrected chi connectivity index (χ0v) is 17.4. The van der Waals surface area contributed by atoms with E-state index in [-0.39, 0.29) is 36.5 Å². The van der Waals surface area contributed by atoms with Gasteiger partial charge in [0.15, 0.2) is 0 Å². The highest BCUT2D eigenvalue weighted by molar-refractivity contribution is 7.90. The van der Waals surface area contributed by atoms with Crippen molar-refractivity contribution in [3.8, 4) is 10.6 Å². The number of aromatic nitrogens is 1. The number of rotatable bonds is 7. The second-order valence-electron chi connectivity index (χ2n) is 6.09.